The monoisotopic (exact) mass is 612 g/mol. The standard InChI is InChI=1S/C30H33F5N2O6/c1-17-14-23(42-27(31)32)25(20-10-13-37(24(17)20)28(39)43-29(2,3)4)41-22-11-12-36(16-30(33,34)35)15-21(22)18-6-8-19(9-7-18)26(38)40-5/h6-10,13-14,21-22,27H,11-12,15-16H2,1-5H3/t21-,22+/m0/s1. The molecular formula is C30H33F5N2O6. The largest absolute Gasteiger partial charge is 0.485 e. The molecule has 0 aliphatic carbocycles. The van der Waals surface area contributed by atoms with Gasteiger partial charge in [-0.25, -0.2) is 9.59 Å². The fourth-order valence-electron chi connectivity index (χ4n) is 5.24. The zero-order valence-corrected chi connectivity index (χ0v) is 24.3. The Morgan fingerprint density at radius 1 is 1.07 bits per heavy atom. The van der Waals surface area contributed by atoms with Crippen molar-refractivity contribution in [2.45, 2.75) is 64.5 Å². The fourth-order valence-corrected chi connectivity index (χ4v) is 5.24. The van der Waals surface area contributed by atoms with Crippen LogP contribution in [0.2, 0.25) is 0 Å². The number of fused-ring (bicyclic) bond motifs is 1. The lowest BCUT2D eigenvalue weighted by atomic mass is 9.87. The highest BCUT2D eigenvalue weighted by Crippen LogP contribution is 2.43. The van der Waals surface area contributed by atoms with Crippen LogP contribution < -0.4 is 9.47 Å². The summed E-state index contributed by atoms with van der Waals surface area (Å²) in [6.45, 7) is 2.37. The van der Waals surface area contributed by atoms with Gasteiger partial charge in [0.25, 0.3) is 0 Å². The number of rotatable bonds is 7. The van der Waals surface area contributed by atoms with Gasteiger partial charge >= 0.3 is 24.9 Å². The molecule has 0 amide bonds. The van der Waals surface area contributed by atoms with E-state index >= 15 is 0 Å². The van der Waals surface area contributed by atoms with E-state index in [4.69, 9.17) is 18.9 Å². The van der Waals surface area contributed by atoms with Crippen LogP contribution in [-0.4, -0.2) is 72.8 Å². The zero-order chi connectivity index (χ0) is 31.7. The number of aromatic nitrogens is 1. The number of likely N-dealkylation sites (tertiary alicyclic amines) is 1. The summed E-state index contributed by atoms with van der Waals surface area (Å²) in [6.07, 6.45) is -4.35. The van der Waals surface area contributed by atoms with Gasteiger partial charge in [-0.1, -0.05) is 12.1 Å². The summed E-state index contributed by atoms with van der Waals surface area (Å²) < 4.78 is 89.6. The van der Waals surface area contributed by atoms with Gasteiger partial charge in [0, 0.05) is 30.6 Å². The van der Waals surface area contributed by atoms with Crippen molar-refractivity contribution in [2.24, 2.45) is 0 Å². The third kappa shape index (κ3) is 7.75. The van der Waals surface area contributed by atoms with Crippen LogP contribution in [-0.2, 0) is 9.47 Å². The number of hydrogen-bond acceptors (Lipinski definition) is 7. The summed E-state index contributed by atoms with van der Waals surface area (Å²) in [5.74, 6) is -1.58. The third-order valence-electron chi connectivity index (χ3n) is 6.95. The first kappa shape index (κ1) is 32.1. The molecular weight excluding hydrogens is 579 g/mol. The lowest BCUT2D eigenvalue weighted by Gasteiger charge is -2.39. The Morgan fingerprint density at radius 2 is 1.74 bits per heavy atom. The molecule has 2 atom stereocenters. The average molecular weight is 613 g/mol. The number of methoxy groups -OCH3 is 1. The molecule has 1 saturated heterocycles. The molecule has 1 fully saturated rings. The minimum absolute atomic E-state index is 0.0277. The Morgan fingerprint density at radius 3 is 2.33 bits per heavy atom. The van der Waals surface area contributed by atoms with Gasteiger partial charge in [0.2, 0.25) is 0 Å². The van der Waals surface area contributed by atoms with Crippen LogP contribution in [0.5, 0.6) is 11.5 Å². The Labute approximate surface area is 245 Å². The normalized spacial score (nSPS) is 18.1. The smallest absolute Gasteiger partial charge is 0.419 e. The number of esters is 1. The Bertz CT molecular complexity index is 1460. The van der Waals surface area contributed by atoms with Gasteiger partial charge in [0.05, 0.1) is 24.7 Å². The van der Waals surface area contributed by atoms with Crippen molar-refractivity contribution in [3.63, 3.8) is 0 Å². The van der Waals surface area contributed by atoms with Gasteiger partial charge in [-0.15, -0.1) is 0 Å². The van der Waals surface area contributed by atoms with Gasteiger partial charge in [0.15, 0.2) is 11.5 Å². The van der Waals surface area contributed by atoms with Gasteiger partial charge in [-0.05, 0) is 69.5 Å². The van der Waals surface area contributed by atoms with E-state index in [2.05, 4.69) is 0 Å². The summed E-state index contributed by atoms with van der Waals surface area (Å²) in [7, 11) is 1.23. The highest BCUT2D eigenvalue weighted by molar-refractivity contribution is 5.97. The van der Waals surface area contributed by atoms with Crippen molar-refractivity contribution >= 4 is 23.0 Å². The maximum absolute atomic E-state index is 13.5. The highest BCUT2D eigenvalue weighted by Gasteiger charge is 2.38. The molecule has 2 heterocycles. The Balaban J connectivity index is 1.77. The molecule has 0 radical (unpaired) electrons. The quantitative estimate of drug-likeness (QED) is 0.212. The van der Waals surface area contributed by atoms with Crippen molar-refractivity contribution in [3.8, 4) is 11.5 Å². The van der Waals surface area contributed by atoms with E-state index in [0.29, 0.717) is 22.0 Å². The molecule has 234 valence electrons. The first-order chi connectivity index (χ1) is 20.1. The fraction of sp³-hybridized carbons (Fsp3) is 0.467. The number of halogens is 5. The lowest BCUT2D eigenvalue weighted by molar-refractivity contribution is -0.150. The number of benzene rings is 2. The van der Waals surface area contributed by atoms with E-state index in [1.807, 2.05) is 0 Å². The van der Waals surface area contributed by atoms with E-state index in [1.165, 1.54) is 47.0 Å². The van der Waals surface area contributed by atoms with E-state index in [0.717, 1.165) is 0 Å². The molecule has 0 saturated carbocycles. The molecule has 0 unspecified atom stereocenters. The van der Waals surface area contributed by atoms with Crippen LogP contribution in [0.15, 0.2) is 42.6 Å². The van der Waals surface area contributed by atoms with Crippen LogP contribution >= 0.6 is 0 Å². The van der Waals surface area contributed by atoms with Crippen LogP contribution in [0.3, 0.4) is 0 Å². The average Bonchev–Trinajstić information content (AvgIpc) is 3.35. The van der Waals surface area contributed by atoms with E-state index in [-0.39, 0.29) is 36.6 Å². The van der Waals surface area contributed by atoms with Crippen LogP contribution in [0.1, 0.15) is 54.6 Å². The van der Waals surface area contributed by atoms with E-state index in [1.54, 1.807) is 39.8 Å². The molecule has 2 aromatic carbocycles. The molecule has 1 aliphatic heterocycles. The number of nitrogens with zero attached hydrogens (tertiary/aromatic N) is 2. The molecule has 8 nitrogen and oxygen atoms in total. The van der Waals surface area contributed by atoms with E-state index < -0.39 is 49.0 Å². The second-order valence-corrected chi connectivity index (χ2v) is 11.3. The number of piperidine rings is 1. The molecule has 1 aliphatic rings. The van der Waals surface area contributed by atoms with Gasteiger partial charge in [0.1, 0.15) is 11.7 Å². The first-order valence-corrected chi connectivity index (χ1v) is 13.5. The predicted octanol–water partition coefficient (Wildman–Crippen LogP) is 6.92. The zero-order valence-electron chi connectivity index (χ0n) is 24.3. The van der Waals surface area contributed by atoms with Crippen molar-refractivity contribution in [2.75, 3.05) is 26.7 Å². The Kier molecular flexibility index (Phi) is 9.24. The molecule has 0 bridgehead atoms. The highest BCUT2D eigenvalue weighted by atomic mass is 19.4. The molecule has 4 rings (SSSR count). The number of aryl methyl sites for hydroxylation is 1. The minimum Gasteiger partial charge on any atom is -0.485 e. The van der Waals surface area contributed by atoms with Crippen molar-refractivity contribution in [1.29, 1.82) is 0 Å². The van der Waals surface area contributed by atoms with Crippen molar-refractivity contribution < 1.29 is 50.5 Å². The van der Waals surface area contributed by atoms with Crippen LogP contribution in [0.25, 0.3) is 10.9 Å². The maximum Gasteiger partial charge on any atom is 0.419 e. The summed E-state index contributed by atoms with van der Waals surface area (Å²) in [6, 6.07) is 9.03. The number of carbonyl (C=O) groups is 2. The maximum atomic E-state index is 13.5. The summed E-state index contributed by atoms with van der Waals surface area (Å²) in [5.41, 5.74) is 0.808. The van der Waals surface area contributed by atoms with Gasteiger partial charge in [-0.3, -0.25) is 9.47 Å². The van der Waals surface area contributed by atoms with Crippen molar-refractivity contribution in [3.05, 3.63) is 59.3 Å². The molecule has 13 heteroatoms. The SMILES string of the molecule is COC(=O)c1ccc([C@@H]2CN(CC(F)(F)F)CC[C@H]2Oc2c(OC(F)F)cc(C)c3c2ccn3C(=O)OC(C)(C)C)cc1. The van der Waals surface area contributed by atoms with Crippen LogP contribution in [0.4, 0.5) is 26.7 Å². The molecule has 43 heavy (non-hydrogen) atoms. The molecule has 3 aromatic rings. The number of carbonyl (C=O) groups excluding carboxylic acids is 2. The molecule has 0 spiro atoms. The summed E-state index contributed by atoms with van der Waals surface area (Å²) in [5, 5.41) is 0.291. The minimum atomic E-state index is -4.43. The first-order valence-electron chi connectivity index (χ1n) is 13.5. The summed E-state index contributed by atoms with van der Waals surface area (Å²) in [4.78, 5) is 26.1. The predicted molar refractivity (Wildman–Crippen MR) is 147 cm³/mol. The van der Waals surface area contributed by atoms with Crippen LogP contribution in [0, 0.1) is 6.92 Å². The van der Waals surface area contributed by atoms with E-state index in [9.17, 15) is 31.5 Å². The van der Waals surface area contributed by atoms with Gasteiger partial charge < -0.3 is 18.9 Å². The number of alkyl halides is 5. The lowest BCUT2D eigenvalue weighted by Crippen LogP contribution is -2.47. The number of ether oxygens (including phenoxy) is 4. The van der Waals surface area contributed by atoms with Crippen molar-refractivity contribution in [1.82, 2.24) is 9.47 Å². The molecule has 0 N–H and O–H groups in total. The molecule has 1 aromatic heterocycles. The van der Waals surface area contributed by atoms with Gasteiger partial charge in [-0.2, -0.15) is 22.0 Å². The topological polar surface area (TPSA) is 79.2 Å². The number of hydrogen-bond donors (Lipinski definition) is 0. The summed E-state index contributed by atoms with van der Waals surface area (Å²) >= 11 is 0. The second-order valence-electron chi connectivity index (χ2n) is 11.3. The third-order valence-corrected chi connectivity index (χ3v) is 6.95. The second kappa shape index (κ2) is 12.4. The Hall–Kier alpha value is -3.87.